The number of ether oxygens (including phenoxy) is 4. The van der Waals surface area contributed by atoms with Crippen LogP contribution in [-0.4, -0.2) is 42.9 Å². The van der Waals surface area contributed by atoms with Gasteiger partial charge in [0.25, 0.3) is 0 Å². The van der Waals surface area contributed by atoms with Crippen LogP contribution in [0, 0.1) is 0 Å². The van der Waals surface area contributed by atoms with Gasteiger partial charge in [0.05, 0.1) is 19.0 Å². The van der Waals surface area contributed by atoms with Crippen LogP contribution in [0.4, 0.5) is 0 Å². The summed E-state index contributed by atoms with van der Waals surface area (Å²) in [6.07, 6.45) is 0. The molecule has 0 atom stereocenters. The zero-order valence-electron chi connectivity index (χ0n) is 17.9. The van der Waals surface area contributed by atoms with Gasteiger partial charge < -0.3 is 18.9 Å². The molecule has 0 saturated carbocycles. The van der Waals surface area contributed by atoms with Crippen LogP contribution in [0.1, 0.15) is 27.7 Å². The lowest BCUT2D eigenvalue weighted by molar-refractivity contribution is -0.134. The number of para-hydroxylation sites is 2. The van der Waals surface area contributed by atoms with E-state index in [1.165, 1.54) is 27.7 Å². The fourth-order valence-electron chi connectivity index (χ4n) is 2.98. The van der Waals surface area contributed by atoms with E-state index in [0.717, 1.165) is 16.0 Å². The minimum absolute atomic E-state index is 0.215. The molecular formula is C21H24O8Si2. The molecule has 31 heavy (non-hydrogen) atoms. The van der Waals surface area contributed by atoms with E-state index in [0.29, 0.717) is 0 Å². The molecule has 0 amide bonds. The number of hydrogen-bond acceptors (Lipinski definition) is 8. The van der Waals surface area contributed by atoms with Crippen LogP contribution >= 0.6 is 0 Å². The molecule has 0 aliphatic carbocycles. The number of esters is 4. The van der Waals surface area contributed by atoms with Crippen LogP contribution in [0.2, 0.25) is 5.67 Å². The van der Waals surface area contributed by atoms with Crippen molar-refractivity contribution >= 4 is 53.3 Å². The Hall–Kier alpha value is -3.25. The summed E-state index contributed by atoms with van der Waals surface area (Å²) in [7, 11) is -1.83. The zero-order valence-corrected chi connectivity index (χ0v) is 20.7. The van der Waals surface area contributed by atoms with Crippen LogP contribution in [0.25, 0.3) is 0 Å². The van der Waals surface area contributed by atoms with Crippen molar-refractivity contribution in [1.29, 1.82) is 0 Å². The zero-order chi connectivity index (χ0) is 23.0. The SMILES string of the molecule is CC(=O)Oc1cccc([SiH2]C[SiH2]c2cccc(OC(C)=O)c2OC(C)=O)c1OC(C)=O. The third-order valence-electron chi connectivity index (χ3n) is 4.01. The Labute approximate surface area is 184 Å². The lowest BCUT2D eigenvalue weighted by Gasteiger charge is -2.14. The number of rotatable bonds is 8. The van der Waals surface area contributed by atoms with Gasteiger partial charge in [-0.15, -0.1) is 0 Å². The summed E-state index contributed by atoms with van der Waals surface area (Å²) in [4.78, 5) is 45.8. The van der Waals surface area contributed by atoms with Gasteiger partial charge in [-0.2, -0.15) is 0 Å². The molecule has 2 aromatic rings. The van der Waals surface area contributed by atoms with Gasteiger partial charge in [-0.25, -0.2) is 0 Å². The smallest absolute Gasteiger partial charge is 0.308 e. The second kappa shape index (κ2) is 11.2. The number of carbonyl (C=O) groups excluding carboxylic acids is 4. The summed E-state index contributed by atoms with van der Waals surface area (Å²) in [5, 5.41) is 1.71. The summed E-state index contributed by atoms with van der Waals surface area (Å²) in [5.41, 5.74) is 0.857. The van der Waals surface area contributed by atoms with E-state index < -0.39 is 42.9 Å². The summed E-state index contributed by atoms with van der Waals surface area (Å²) >= 11 is 0. The molecule has 0 bridgehead atoms. The van der Waals surface area contributed by atoms with E-state index in [1.807, 2.05) is 12.1 Å². The molecule has 0 unspecified atom stereocenters. The number of benzene rings is 2. The van der Waals surface area contributed by atoms with Crippen molar-refractivity contribution in [2.45, 2.75) is 33.4 Å². The van der Waals surface area contributed by atoms with Crippen molar-refractivity contribution < 1.29 is 38.1 Å². The van der Waals surface area contributed by atoms with E-state index in [4.69, 9.17) is 18.9 Å². The van der Waals surface area contributed by atoms with Gasteiger partial charge in [0.2, 0.25) is 0 Å². The fraction of sp³-hybridized carbons (Fsp3) is 0.238. The summed E-state index contributed by atoms with van der Waals surface area (Å²) < 4.78 is 21.0. The van der Waals surface area contributed by atoms with Gasteiger partial charge in [-0.3, -0.25) is 19.2 Å². The van der Waals surface area contributed by atoms with Crippen molar-refractivity contribution in [3.8, 4) is 23.0 Å². The van der Waals surface area contributed by atoms with Crippen LogP contribution in [-0.2, 0) is 19.2 Å². The van der Waals surface area contributed by atoms with Crippen molar-refractivity contribution in [2.75, 3.05) is 0 Å². The average molecular weight is 461 g/mol. The van der Waals surface area contributed by atoms with Gasteiger partial charge in [0.15, 0.2) is 23.0 Å². The first-order valence-corrected chi connectivity index (χ1v) is 13.1. The molecule has 0 spiro atoms. The maximum atomic E-state index is 11.5. The quantitative estimate of drug-likeness (QED) is 0.309. The summed E-state index contributed by atoms with van der Waals surface area (Å²) in [6, 6.07) is 10.4. The summed E-state index contributed by atoms with van der Waals surface area (Å²) in [5.74, 6) is -1.03. The molecule has 0 N–H and O–H groups in total. The predicted molar refractivity (Wildman–Crippen MR) is 119 cm³/mol. The first kappa shape index (κ1) is 24.0. The highest BCUT2D eigenvalue weighted by molar-refractivity contribution is 6.72. The lowest BCUT2D eigenvalue weighted by atomic mass is 10.3. The standard InChI is InChI=1S/C21H24O8Si2/c1-12(22)26-16-7-5-9-18(20(16)28-14(3)24)30-11-31-19-10-6-8-17(27-13(2)23)21(19)29-15(4)25/h5-10H,11,30-31H2,1-4H3. The van der Waals surface area contributed by atoms with Crippen LogP contribution in [0.15, 0.2) is 36.4 Å². The van der Waals surface area contributed by atoms with Gasteiger partial charge in [0.1, 0.15) is 0 Å². The molecule has 0 fully saturated rings. The molecule has 164 valence electrons. The van der Waals surface area contributed by atoms with Crippen molar-refractivity contribution in [3.63, 3.8) is 0 Å². The predicted octanol–water partition coefficient (Wildman–Crippen LogP) is 0.0520. The third-order valence-corrected chi connectivity index (χ3v) is 9.03. The van der Waals surface area contributed by atoms with Gasteiger partial charge >= 0.3 is 23.9 Å². The Balaban J connectivity index is 2.25. The van der Waals surface area contributed by atoms with Gasteiger partial charge in [-0.1, -0.05) is 29.9 Å². The van der Waals surface area contributed by atoms with Gasteiger partial charge in [0, 0.05) is 27.7 Å². The lowest BCUT2D eigenvalue weighted by Crippen LogP contribution is -2.26. The van der Waals surface area contributed by atoms with Crippen molar-refractivity contribution in [1.82, 2.24) is 0 Å². The van der Waals surface area contributed by atoms with Crippen LogP contribution < -0.4 is 29.3 Å². The Morgan fingerprint density at radius 3 is 1.29 bits per heavy atom. The van der Waals surface area contributed by atoms with E-state index in [2.05, 4.69) is 0 Å². The number of carbonyl (C=O) groups is 4. The topological polar surface area (TPSA) is 105 Å². The van der Waals surface area contributed by atoms with Crippen molar-refractivity contribution in [3.05, 3.63) is 36.4 Å². The highest BCUT2D eigenvalue weighted by Crippen LogP contribution is 2.26. The van der Waals surface area contributed by atoms with Crippen molar-refractivity contribution in [2.24, 2.45) is 0 Å². The van der Waals surface area contributed by atoms with E-state index >= 15 is 0 Å². The Morgan fingerprint density at radius 1 is 0.613 bits per heavy atom. The number of hydrogen-bond donors (Lipinski definition) is 0. The Bertz CT molecular complexity index is 923. The molecule has 8 nitrogen and oxygen atoms in total. The monoisotopic (exact) mass is 460 g/mol. The van der Waals surface area contributed by atoms with E-state index in [9.17, 15) is 19.2 Å². The maximum absolute atomic E-state index is 11.5. The highest BCUT2D eigenvalue weighted by Gasteiger charge is 2.18. The first-order valence-electron chi connectivity index (χ1n) is 9.64. The van der Waals surface area contributed by atoms with E-state index in [1.54, 1.807) is 24.3 Å². The molecule has 0 aromatic heterocycles. The molecule has 2 aromatic carbocycles. The molecule has 0 aliphatic heterocycles. The van der Waals surface area contributed by atoms with Crippen LogP contribution in [0.3, 0.4) is 0 Å². The second-order valence-corrected chi connectivity index (χ2v) is 12.1. The van der Waals surface area contributed by atoms with E-state index in [-0.39, 0.29) is 23.0 Å². The van der Waals surface area contributed by atoms with Gasteiger partial charge in [-0.05, 0) is 22.5 Å². The molecular weight excluding hydrogens is 436 g/mol. The summed E-state index contributed by atoms with van der Waals surface area (Å²) in [6.45, 7) is 5.13. The Morgan fingerprint density at radius 2 is 0.968 bits per heavy atom. The van der Waals surface area contributed by atoms with Crippen LogP contribution in [0.5, 0.6) is 23.0 Å². The molecule has 0 saturated heterocycles. The fourth-order valence-corrected chi connectivity index (χ4v) is 8.28. The minimum Gasteiger partial charge on any atom is -0.423 e. The molecule has 10 heteroatoms. The molecule has 0 aliphatic rings. The average Bonchev–Trinajstić information content (AvgIpc) is 2.65. The second-order valence-electron chi connectivity index (χ2n) is 6.72. The first-order chi connectivity index (χ1) is 14.7. The largest absolute Gasteiger partial charge is 0.423 e. The highest BCUT2D eigenvalue weighted by atomic mass is 28.3. The molecule has 2 rings (SSSR count). The molecule has 0 heterocycles. The normalized spacial score (nSPS) is 11.0. The maximum Gasteiger partial charge on any atom is 0.308 e. The molecule has 0 radical (unpaired) electrons. The Kier molecular flexibility index (Phi) is 8.70. The third kappa shape index (κ3) is 7.50. The minimum atomic E-state index is -0.915.